The van der Waals surface area contributed by atoms with Gasteiger partial charge >= 0.3 is 0 Å². The van der Waals surface area contributed by atoms with Crippen LogP contribution >= 0.6 is 0 Å². The summed E-state index contributed by atoms with van der Waals surface area (Å²) in [6.45, 7) is 13.1. The van der Waals surface area contributed by atoms with Crippen LogP contribution in [0.15, 0.2) is 61.2 Å². The molecule has 2 N–H and O–H groups in total. The van der Waals surface area contributed by atoms with E-state index in [1.165, 1.54) is 5.56 Å². The van der Waals surface area contributed by atoms with Gasteiger partial charge in [-0.15, -0.1) is 23.3 Å². The van der Waals surface area contributed by atoms with Crippen molar-refractivity contribution in [3.8, 4) is 0 Å². The van der Waals surface area contributed by atoms with Crippen molar-refractivity contribution < 1.29 is 17.1 Å². The Morgan fingerprint density at radius 3 is 1.61 bits per heavy atom. The van der Waals surface area contributed by atoms with Gasteiger partial charge in [0.05, 0.1) is 0 Å². The standard InChI is InChI=1S/C16H26N.C5H5.Fe/c1-12(2)10-16(17,11-13(3)4)14(5)15-8-6-7-9-15;1-2-4-5-3-1;/h6-9,12-13H,5,10-11,17H2,1-4H3;1-5H;/q-1;-5;. The molecule has 2 aromatic carbocycles. The summed E-state index contributed by atoms with van der Waals surface area (Å²) in [6.07, 6.45) is 1.99. The van der Waals surface area contributed by atoms with Crippen LogP contribution in [0.3, 0.4) is 0 Å². The SMILES string of the molecule is C=C([c-]1cccc1)C(N)(CC(C)C)CC(C)C.[Fe].[cH-]1[cH-][cH-][cH-][cH-]1. The van der Waals surface area contributed by atoms with Gasteiger partial charge in [0.15, 0.2) is 0 Å². The van der Waals surface area contributed by atoms with E-state index in [4.69, 9.17) is 5.73 Å². The molecule has 0 aliphatic rings. The van der Waals surface area contributed by atoms with Gasteiger partial charge in [0.2, 0.25) is 0 Å². The quantitative estimate of drug-likeness (QED) is 0.530. The Labute approximate surface area is 153 Å². The Kier molecular flexibility index (Phi) is 10.1. The van der Waals surface area contributed by atoms with Crippen molar-refractivity contribution in [1.29, 1.82) is 0 Å². The first-order valence-electron chi connectivity index (χ1n) is 8.22. The van der Waals surface area contributed by atoms with Crippen molar-refractivity contribution in [3.05, 3.63) is 66.7 Å². The van der Waals surface area contributed by atoms with Crippen molar-refractivity contribution in [2.24, 2.45) is 17.6 Å². The maximum Gasteiger partial charge on any atom is 0.0244 e. The molecule has 0 aliphatic heterocycles. The zero-order chi connectivity index (χ0) is 16.6. The number of hydrogen-bond acceptors (Lipinski definition) is 1. The molecule has 0 heterocycles. The Morgan fingerprint density at radius 1 is 0.957 bits per heavy atom. The van der Waals surface area contributed by atoms with E-state index in [1.54, 1.807) is 0 Å². The molecule has 0 fully saturated rings. The fraction of sp³-hybridized carbons (Fsp3) is 0.429. The van der Waals surface area contributed by atoms with Crippen molar-refractivity contribution >= 4 is 5.57 Å². The summed E-state index contributed by atoms with van der Waals surface area (Å²) < 4.78 is 0. The van der Waals surface area contributed by atoms with E-state index < -0.39 is 0 Å². The van der Waals surface area contributed by atoms with Crippen LogP contribution in [0.25, 0.3) is 5.57 Å². The molecule has 0 aliphatic carbocycles. The first kappa shape index (κ1) is 21.9. The van der Waals surface area contributed by atoms with E-state index in [0.29, 0.717) is 11.8 Å². The van der Waals surface area contributed by atoms with Crippen molar-refractivity contribution in [2.45, 2.75) is 46.1 Å². The van der Waals surface area contributed by atoms with Crippen LogP contribution in [0.2, 0.25) is 0 Å². The zero-order valence-electron chi connectivity index (χ0n) is 14.9. The first-order chi connectivity index (χ1) is 10.3. The van der Waals surface area contributed by atoms with Gasteiger partial charge in [-0.25, -0.2) is 0 Å². The van der Waals surface area contributed by atoms with Gasteiger partial charge in [-0.2, -0.15) is 18.7 Å². The second kappa shape index (κ2) is 10.6. The second-order valence-electron chi connectivity index (χ2n) is 6.97. The minimum absolute atomic E-state index is 0. The molecular formula is C21H31FeN-6. The molecule has 2 rings (SSSR count). The maximum absolute atomic E-state index is 6.64. The normalized spacial score (nSPS) is 10.9. The van der Waals surface area contributed by atoms with E-state index in [-0.39, 0.29) is 22.6 Å². The van der Waals surface area contributed by atoms with E-state index in [1.807, 2.05) is 42.5 Å². The minimum Gasteiger partial charge on any atom is -0.748 e. The van der Waals surface area contributed by atoms with Crippen LogP contribution in [0.4, 0.5) is 0 Å². The fourth-order valence-electron chi connectivity index (χ4n) is 2.97. The topological polar surface area (TPSA) is 26.0 Å². The molecule has 0 radical (unpaired) electrons. The third-order valence-corrected chi connectivity index (χ3v) is 3.71. The summed E-state index contributed by atoms with van der Waals surface area (Å²) in [5.74, 6) is 1.18. The molecule has 0 aromatic heterocycles. The zero-order valence-corrected chi connectivity index (χ0v) is 16.0. The largest absolute Gasteiger partial charge is 0.748 e. The van der Waals surface area contributed by atoms with E-state index in [2.05, 4.69) is 46.4 Å². The average Bonchev–Trinajstić information content (AvgIpc) is 3.12. The first-order valence-corrected chi connectivity index (χ1v) is 8.22. The van der Waals surface area contributed by atoms with Gasteiger partial charge in [-0.1, -0.05) is 27.7 Å². The number of rotatable bonds is 6. The van der Waals surface area contributed by atoms with Crippen LogP contribution in [0, 0.1) is 11.8 Å². The van der Waals surface area contributed by atoms with Crippen molar-refractivity contribution in [1.82, 2.24) is 0 Å². The van der Waals surface area contributed by atoms with Gasteiger partial charge in [-0.05, 0) is 24.7 Å². The summed E-state index contributed by atoms with van der Waals surface area (Å²) in [6, 6.07) is 18.3. The van der Waals surface area contributed by atoms with Gasteiger partial charge in [0.25, 0.3) is 0 Å². The molecule has 2 heteroatoms. The Hall–Kier alpha value is -1.08. The van der Waals surface area contributed by atoms with E-state index in [0.717, 1.165) is 18.4 Å². The average molecular weight is 353 g/mol. The van der Waals surface area contributed by atoms with Gasteiger partial charge < -0.3 is 36.1 Å². The molecule has 0 atom stereocenters. The molecule has 134 valence electrons. The molecule has 0 bridgehead atoms. The van der Waals surface area contributed by atoms with Crippen LogP contribution in [0.5, 0.6) is 0 Å². The predicted molar refractivity (Wildman–Crippen MR) is 98.9 cm³/mol. The van der Waals surface area contributed by atoms with Crippen LogP contribution in [-0.2, 0) is 17.1 Å². The summed E-state index contributed by atoms with van der Waals surface area (Å²) >= 11 is 0. The molecule has 1 nitrogen and oxygen atoms in total. The number of hydrogen-bond donors (Lipinski definition) is 1. The molecule has 23 heavy (non-hydrogen) atoms. The minimum atomic E-state index is -0.267. The molecule has 0 unspecified atom stereocenters. The maximum atomic E-state index is 6.64. The molecule has 2 aromatic rings. The monoisotopic (exact) mass is 353 g/mol. The molecule has 0 saturated heterocycles. The third kappa shape index (κ3) is 7.83. The molecular weight excluding hydrogens is 322 g/mol. The van der Waals surface area contributed by atoms with Crippen molar-refractivity contribution in [3.63, 3.8) is 0 Å². The molecule has 0 amide bonds. The van der Waals surface area contributed by atoms with Crippen molar-refractivity contribution in [2.75, 3.05) is 0 Å². The fourth-order valence-corrected chi connectivity index (χ4v) is 2.97. The Balaban J connectivity index is 0.000000684. The van der Waals surface area contributed by atoms with Crippen LogP contribution in [0.1, 0.15) is 46.1 Å². The summed E-state index contributed by atoms with van der Waals surface area (Å²) in [5, 5.41) is 0. The Bertz CT molecular complexity index is 479. The predicted octanol–water partition coefficient (Wildman–Crippen LogP) is 5.61. The van der Waals surface area contributed by atoms with Gasteiger partial charge in [-0.3, -0.25) is 0 Å². The summed E-state index contributed by atoms with van der Waals surface area (Å²) in [7, 11) is 0. The second-order valence-corrected chi connectivity index (χ2v) is 6.97. The number of nitrogens with two attached hydrogens (primary N) is 1. The molecule has 0 spiro atoms. The third-order valence-electron chi connectivity index (χ3n) is 3.71. The van der Waals surface area contributed by atoms with Gasteiger partial charge in [0.1, 0.15) is 0 Å². The summed E-state index contributed by atoms with van der Waals surface area (Å²) in [4.78, 5) is 0. The van der Waals surface area contributed by atoms with E-state index >= 15 is 0 Å². The molecule has 0 saturated carbocycles. The Morgan fingerprint density at radius 2 is 1.30 bits per heavy atom. The van der Waals surface area contributed by atoms with Crippen LogP contribution in [-0.4, -0.2) is 5.54 Å². The van der Waals surface area contributed by atoms with E-state index in [9.17, 15) is 0 Å². The smallest absolute Gasteiger partial charge is 0.0244 e. The van der Waals surface area contributed by atoms with Gasteiger partial charge in [0, 0.05) is 22.6 Å². The summed E-state index contributed by atoms with van der Waals surface area (Å²) in [5.41, 5.74) is 8.64. The van der Waals surface area contributed by atoms with Crippen LogP contribution < -0.4 is 5.73 Å².